The van der Waals surface area contributed by atoms with Gasteiger partial charge < -0.3 is 5.11 Å². The van der Waals surface area contributed by atoms with Crippen LogP contribution in [0.25, 0.3) is 0 Å². The summed E-state index contributed by atoms with van der Waals surface area (Å²) in [7, 11) is 0. The summed E-state index contributed by atoms with van der Waals surface area (Å²) in [4.78, 5) is 0. The van der Waals surface area contributed by atoms with Crippen LogP contribution in [-0.4, -0.2) is 21.5 Å². The molecule has 0 heterocycles. The van der Waals surface area contributed by atoms with Crippen LogP contribution in [0.4, 0.5) is 0 Å². The summed E-state index contributed by atoms with van der Waals surface area (Å²) in [6.45, 7) is 0. The van der Waals surface area contributed by atoms with Gasteiger partial charge in [-0.25, -0.2) is 0 Å². The average molecular weight is 156 g/mol. The Bertz CT molecular complexity index is 47.4. The van der Waals surface area contributed by atoms with E-state index in [4.69, 9.17) is 5.11 Å². The zero-order valence-corrected chi connectivity index (χ0v) is 6.33. The Kier molecular flexibility index (Phi) is 4.52. The van der Waals surface area contributed by atoms with Crippen LogP contribution in [0, 0.1) is 0 Å². The summed E-state index contributed by atoms with van der Waals surface area (Å²) in [5, 5.41) is 8.44. The van der Waals surface area contributed by atoms with E-state index in [1.54, 1.807) is 0 Å². The van der Waals surface area contributed by atoms with E-state index in [1.807, 2.05) is 0 Å². The van der Waals surface area contributed by atoms with Crippen molar-refractivity contribution in [1.82, 2.24) is 0 Å². The van der Waals surface area contributed by atoms with E-state index in [-0.39, 0.29) is 5.25 Å². The Morgan fingerprint density at radius 1 is 1.43 bits per heavy atom. The first-order chi connectivity index (χ1) is 3.18. The summed E-state index contributed by atoms with van der Waals surface area (Å²) < 4.78 is 0. The van der Waals surface area contributed by atoms with Crippen LogP contribution in [0.3, 0.4) is 0 Å². The second-order valence-electron chi connectivity index (χ2n) is 1.16. The van der Waals surface area contributed by atoms with E-state index in [2.05, 4.69) is 37.9 Å². The second kappa shape index (κ2) is 3.95. The van der Waals surface area contributed by atoms with Gasteiger partial charge in [0.1, 0.15) is 5.44 Å². The molecule has 2 unspecified atom stereocenters. The lowest BCUT2D eigenvalue weighted by Crippen LogP contribution is -2.15. The monoisotopic (exact) mass is 156 g/mol. The van der Waals surface area contributed by atoms with Gasteiger partial charge >= 0.3 is 0 Å². The SMILES string of the molecule is OC(S)C(S)CS. The van der Waals surface area contributed by atoms with E-state index in [0.29, 0.717) is 5.75 Å². The maximum Gasteiger partial charge on any atom is 0.109 e. The van der Waals surface area contributed by atoms with Gasteiger partial charge in [-0.15, -0.1) is 12.6 Å². The van der Waals surface area contributed by atoms with E-state index in [0.717, 1.165) is 0 Å². The molecule has 4 heteroatoms. The van der Waals surface area contributed by atoms with Crippen LogP contribution in [0.1, 0.15) is 0 Å². The van der Waals surface area contributed by atoms with Gasteiger partial charge in [-0.05, 0) is 0 Å². The Labute approximate surface area is 59.7 Å². The van der Waals surface area contributed by atoms with Crippen LogP contribution in [0.2, 0.25) is 0 Å². The van der Waals surface area contributed by atoms with Gasteiger partial charge in [-0.3, -0.25) is 0 Å². The number of thiol groups is 3. The van der Waals surface area contributed by atoms with Crippen molar-refractivity contribution < 1.29 is 5.11 Å². The van der Waals surface area contributed by atoms with Crippen LogP contribution < -0.4 is 0 Å². The van der Waals surface area contributed by atoms with Crippen molar-refractivity contribution in [1.29, 1.82) is 0 Å². The fraction of sp³-hybridized carbons (Fsp3) is 1.00. The molecule has 0 saturated carbocycles. The van der Waals surface area contributed by atoms with Crippen LogP contribution in [0.5, 0.6) is 0 Å². The molecule has 0 aliphatic heterocycles. The third kappa shape index (κ3) is 3.58. The molecule has 7 heavy (non-hydrogen) atoms. The molecule has 1 nitrogen and oxygen atoms in total. The van der Waals surface area contributed by atoms with E-state index < -0.39 is 5.44 Å². The molecule has 2 atom stereocenters. The smallest absolute Gasteiger partial charge is 0.109 e. The average Bonchev–Trinajstić information content (AvgIpc) is 1.65. The molecule has 0 aromatic carbocycles. The lowest BCUT2D eigenvalue weighted by molar-refractivity contribution is 0.269. The van der Waals surface area contributed by atoms with Crippen molar-refractivity contribution in [2.75, 3.05) is 5.75 Å². The quantitative estimate of drug-likeness (QED) is 0.338. The molecule has 0 fully saturated rings. The highest BCUT2D eigenvalue weighted by atomic mass is 32.1. The maximum absolute atomic E-state index is 8.56. The minimum absolute atomic E-state index is 0.119. The lowest BCUT2D eigenvalue weighted by Gasteiger charge is -2.07. The molecule has 0 aromatic rings. The zero-order chi connectivity index (χ0) is 5.86. The third-order valence-electron chi connectivity index (χ3n) is 0.531. The van der Waals surface area contributed by atoms with Gasteiger partial charge in [-0.2, -0.15) is 25.3 Å². The Balaban J connectivity index is 3.14. The number of hydrogen-bond acceptors (Lipinski definition) is 4. The molecule has 0 rings (SSSR count). The van der Waals surface area contributed by atoms with Crippen molar-refractivity contribution >= 4 is 37.9 Å². The highest BCUT2D eigenvalue weighted by Gasteiger charge is 2.05. The molecule has 0 aliphatic carbocycles. The summed E-state index contributed by atoms with van der Waals surface area (Å²) in [5.41, 5.74) is -0.652. The van der Waals surface area contributed by atoms with Gasteiger partial charge in [0.25, 0.3) is 0 Å². The highest BCUT2D eigenvalue weighted by molar-refractivity contribution is 7.87. The fourth-order valence-electron chi connectivity index (χ4n) is 0.0943. The third-order valence-corrected chi connectivity index (χ3v) is 2.27. The maximum atomic E-state index is 8.56. The van der Waals surface area contributed by atoms with Crippen molar-refractivity contribution in [2.24, 2.45) is 0 Å². The molecular formula is C3H8OS3. The largest absolute Gasteiger partial charge is 0.382 e. The molecule has 1 N–H and O–H groups in total. The first-order valence-electron chi connectivity index (χ1n) is 1.83. The topological polar surface area (TPSA) is 20.2 Å². The molecule has 0 amide bonds. The van der Waals surface area contributed by atoms with Gasteiger partial charge in [0, 0.05) is 11.0 Å². The summed E-state index contributed by atoms with van der Waals surface area (Å²) in [5.74, 6) is 0.549. The van der Waals surface area contributed by atoms with Crippen molar-refractivity contribution in [3.05, 3.63) is 0 Å². The first kappa shape index (κ1) is 8.01. The minimum atomic E-state index is -0.652. The molecule has 0 radical (unpaired) electrons. The van der Waals surface area contributed by atoms with Crippen molar-refractivity contribution in [3.8, 4) is 0 Å². The number of aliphatic hydroxyl groups excluding tert-OH is 1. The predicted molar refractivity (Wildman–Crippen MR) is 41.6 cm³/mol. The van der Waals surface area contributed by atoms with Gasteiger partial charge in [0.15, 0.2) is 0 Å². The van der Waals surface area contributed by atoms with Gasteiger partial charge in [0.2, 0.25) is 0 Å². The molecular weight excluding hydrogens is 148 g/mol. The van der Waals surface area contributed by atoms with Crippen LogP contribution >= 0.6 is 37.9 Å². The van der Waals surface area contributed by atoms with Crippen LogP contribution in [-0.2, 0) is 0 Å². The normalized spacial score (nSPS) is 18.9. The summed E-state index contributed by atoms with van der Waals surface area (Å²) in [6.07, 6.45) is 0. The Morgan fingerprint density at radius 2 is 1.86 bits per heavy atom. The van der Waals surface area contributed by atoms with Crippen molar-refractivity contribution in [2.45, 2.75) is 10.7 Å². The van der Waals surface area contributed by atoms with E-state index in [1.165, 1.54) is 0 Å². The molecule has 0 aromatic heterocycles. The fourth-order valence-corrected chi connectivity index (χ4v) is 0.566. The van der Waals surface area contributed by atoms with Crippen LogP contribution in [0.15, 0.2) is 0 Å². The van der Waals surface area contributed by atoms with E-state index >= 15 is 0 Å². The Hall–Kier alpha value is 1.01. The molecule has 0 spiro atoms. The number of aliphatic hydroxyl groups is 1. The second-order valence-corrected chi connectivity index (χ2v) is 2.72. The molecule has 0 saturated heterocycles. The summed E-state index contributed by atoms with van der Waals surface area (Å²) >= 11 is 11.5. The molecule has 0 aliphatic rings. The highest BCUT2D eigenvalue weighted by Crippen LogP contribution is 2.05. The lowest BCUT2D eigenvalue weighted by atomic mass is 10.5. The van der Waals surface area contributed by atoms with Gasteiger partial charge in [-0.1, -0.05) is 0 Å². The minimum Gasteiger partial charge on any atom is -0.382 e. The molecule has 44 valence electrons. The zero-order valence-electron chi connectivity index (χ0n) is 3.65. The first-order valence-corrected chi connectivity index (χ1v) is 3.50. The van der Waals surface area contributed by atoms with Crippen molar-refractivity contribution in [3.63, 3.8) is 0 Å². The number of rotatable bonds is 2. The Morgan fingerprint density at radius 3 is 1.86 bits per heavy atom. The van der Waals surface area contributed by atoms with Gasteiger partial charge in [0.05, 0.1) is 0 Å². The number of hydrogen-bond donors (Lipinski definition) is 4. The van der Waals surface area contributed by atoms with E-state index in [9.17, 15) is 0 Å². The summed E-state index contributed by atoms with van der Waals surface area (Å²) in [6, 6.07) is 0. The molecule has 0 bridgehead atoms. The predicted octanol–water partition coefficient (Wildman–Crippen LogP) is 0.463. The standard InChI is InChI=1S/C3H8OS3/c4-3(7)2(6)1-5/h2-7H,1H2.